The molecular weight excluding hydrogens is 571 g/mol. The van der Waals surface area contributed by atoms with Crippen LogP contribution in [0.25, 0.3) is 23.4 Å². The molecule has 1 unspecified atom stereocenters. The summed E-state index contributed by atoms with van der Waals surface area (Å²) in [6.45, 7) is 8.53. The van der Waals surface area contributed by atoms with E-state index in [2.05, 4.69) is 119 Å². The zero-order valence-corrected chi connectivity index (χ0v) is 27.2. The van der Waals surface area contributed by atoms with E-state index in [-0.39, 0.29) is 6.04 Å². The lowest BCUT2D eigenvalue weighted by atomic mass is 9.94. The van der Waals surface area contributed by atoms with Crippen LogP contribution in [0.5, 0.6) is 0 Å². The van der Waals surface area contributed by atoms with E-state index in [0.717, 1.165) is 98.0 Å². The van der Waals surface area contributed by atoms with Gasteiger partial charge in [0.15, 0.2) is 0 Å². The highest BCUT2D eigenvalue weighted by Crippen LogP contribution is 2.29. The Bertz CT molecular complexity index is 1710. The minimum Gasteiger partial charge on any atom is -0.400 e. The van der Waals surface area contributed by atoms with Gasteiger partial charge in [0.05, 0.1) is 16.7 Å². The summed E-state index contributed by atoms with van der Waals surface area (Å²) >= 11 is 6.10. The summed E-state index contributed by atoms with van der Waals surface area (Å²) in [5.74, 6) is 0. The molecule has 3 aromatic rings. The molecule has 232 valence electrons. The number of anilines is 1. The Morgan fingerprint density at radius 2 is 1.62 bits per heavy atom. The fourth-order valence-corrected chi connectivity index (χ4v) is 6.87. The van der Waals surface area contributed by atoms with Gasteiger partial charge in [0.25, 0.3) is 0 Å². The number of fused-ring (bicyclic) bond motifs is 1. The van der Waals surface area contributed by atoms with E-state index < -0.39 is 0 Å². The van der Waals surface area contributed by atoms with Crippen molar-refractivity contribution in [1.82, 2.24) is 15.1 Å². The summed E-state index contributed by atoms with van der Waals surface area (Å²) in [6, 6.07) is 26.1. The summed E-state index contributed by atoms with van der Waals surface area (Å²) in [5, 5.41) is 9.75. The van der Waals surface area contributed by atoms with E-state index in [0.29, 0.717) is 0 Å². The van der Waals surface area contributed by atoms with Gasteiger partial charge in [-0.1, -0.05) is 91.6 Å². The minimum absolute atomic E-state index is 0.184. The molecule has 1 fully saturated rings. The molecule has 6 rings (SSSR count). The molecule has 6 heteroatoms. The highest BCUT2D eigenvalue weighted by molar-refractivity contribution is 7.80. The molecule has 1 aliphatic heterocycles. The van der Waals surface area contributed by atoms with Gasteiger partial charge in [-0.3, -0.25) is 4.90 Å². The average Bonchev–Trinajstić information content (AvgIpc) is 3.07. The molecule has 5 nitrogen and oxygen atoms in total. The van der Waals surface area contributed by atoms with E-state index in [4.69, 9.17) is 18.0 Å². The van der Waals surface area contributed by atoms with E-state index in [1.807, 2.05) is 6.07 Å². The number of piperazine rings is 1. The van der Waals surface area contributed by atoms with Crippen LogP contribution in [0.15, 0.2) is 96.8 Å². The fourth-order valence-electron chi connectivity index (χ4n) is 6.48. The van der Waals surface area contributed by atoms with Crippen LogP contribution in [0, 0.1) is 0 Å². The number of aryl methyl sites for hydroxylation is 1. The van der Waals surface area contributed by atoms with Crippen LogP contribution in [0.4, 0.5) is 5.69 Å². The first-order chi connectivity index (χ1) is 21.9. The lowest BCUT2D eigenvalue weighted by Crippen LogP contribution is -2.52. The Morgan fingerprint density at radius 1 is 0.889 bits per heavy atom. The average molecular weight is 616 g/mol. The van der Waals surface area contributed by atoms with Crippen molar-refractivity contribution in [3.8, 4) is 0 Å². The van der Waals surface area contributed by atoms with Gasteiger partial charge in [0.1, 0.15) is 0 Å². The van der Waals surface area contributed by atoms with Gasteiger partial charge < -0.3 is 21.3 Å². The van der Waals surface area contributed by atoms with E-state index >= 15 is 0 Å². The van der Waals surface area contributed by atoms with Crippen LogP contribution in [0.1, 0.15) is 48.8 Å². The summed E-state index contributed by atoms with van der Waals surface area (Å²) < 4.78 is 0. The van der Waals surface area contributed by atoms with Gasteiger partial charge in [-0.15, -0.1) is 0 Å². The molecule has 0 radical (unpaired) electrons. The lowest BCUT2D eigenvalue weighted by Gasteiger charge is -2.38. The third-order valence-electron chi connectivity index (χ3n) is 9.30. The lowest BCUT2D eigenvalue weighted by molar-refractivity contribution is 0.134. The molecular formula is C39H45N5S. The maximum atomic E-state index is 6.42. The second-order valence-corrected chi connectivity index (χ2v) is 12.9. The maximum absolute atomic E-state index is 6.42. The van der Waals surface area contributed by atoms with Gasteiger partial charge in [-0.25, -0.2) is 0 Å². The minimum atomic E-state index is 0.184. The second-order valence-electron chi connectivity index (χ2n) is 12.5. The molecule has 0 spiro atoms. The number of hydrogen-bond acceptors (Lipinski definition) is 5. The predicted molar refractivity (Wildman–Crippen MR) is 195 cm³/mol. The first kappa shape index (κ1) is 31.0. The van der Waals surface area contributed by atoms with Crippen molar-refractivity contribution in [2.75, 3.05) is 38.5 Å². The molecule has 3 aromatic carbocycles. The van der Waals surface area contributed by atoms with Crippen LogP contribution in [-0.4, -0.2) is 54.1 Å². The van der Waals surface area contributed by atoms with E-state index in [1.165, 1.54) is 27.1 Å². The summed E-state index contributed by atoms with van der Waals surface area (Å²) in [4.78, 5) is 5.87. The number of nitrogens with one attached hydrogen (secondary N) is 2. The number of nitrogens with zero attached hydrogens (tertiary/aromatic N) is 2. The molecule has 3 aliphatic rings. The monoisotopic (exact) mass is 615 g/mol. The van der Waals surface area contributed by atoms with Crippen LogP contribution in [0.3, 0.4) is 0 Å². The quantitative estimate of drug-likeness (QED) is 0.257. The first-order valence-corrected chi connectivity index (χ1v) is 16.7. The van der Waals surface area contributed by atoms with Gasteiger partial charge in [0.2, 0.25) is 0 Å². The number of thiocarbonyl (C=S) groups is 1. The summed E-state index contributed by atoms with van der Waals surface area (Å²) in [6.07, 6.45) is 12.7. The number of rotatable bonds is 10. The highest BCUT2D eigenvalue weighted by atomic mass is 32.1. The Kier molecular flexibility index (Phi) is 9.94. The molecule has 1 heterocycles. The van der Waals surface area contributed by atoms with Gasteiger partial charge in [-0.05, 0) is 96.5 Å². The molecule has 2 aliphatic carbocycles. The molecule has 45 heavy (non-hydrogen) atoms. The Morgan fingerprint density at radius 3 is 2.38 bits per heavy atom. The van der Waals surface area contributed by atoms with E-state index in [9.17, 15) is 0 Å². The predicted octanol–water partition coefficient (Wildman–Crippen LogP) is 5.64. The van der Waals surface area contributed by atoms with E-state index in [1.54, 1.807) is 0 Å². The largest absolute Gasteiger partial charge is 0.400 e. The van der Waals surface area contributed by atoms with Crippen LogP contribution in [0.2, 0.25) is 0 Å². The van der Waals surface area contributed by atoms with Crippen molar-refractivity contribution in [2.45, 2.75) is 44.6 Å². The summed E-state index contributed by atoms with van der Waals surface area (Å²) in [5.41, 5.74) is 15.1. The van der Waals surface area contributed by atoms with Crippen molar-refractivity contribution in [1.29, 1.82) is 0 Å². The van der Waals surface area contributed by atoms with Crippen molar-refractivity contribution in [3.05, 3.63) is 124 Å². The van der Waals surface area contributed by atoms with Gasteiger partial charge in [-0.2, -0.15) is 0 Å². The Labute approximate surface area is 273 Å². The zero-order valence-electron chi connectivity index (χ0n) is 26.4. The topological polar surface area (TPSA) is 56.6 Å². The first-order valence-electron chi connectivity index (χ1n) is 16.3. The summed E-state index contributed by atoms with van der Waals surface area (Å²) in [7, 11) is 2.20. The smallest absolute Gasteiger partial charge is 0.0972 e. The van der Waals surface area contributed by atoms with Gasteiger partial charge >= 0.3 is 0 Å². The van der Waals surface area contributed by atoms with Crippen LogP contribution in [-0.2, 0) is 6.42 Å². The Hall–Kier alpha value is -3.97. The molecule has 0 saturated carbocycles. The zero-order chi connectivity index (χ0) is 31.2. The van der Waals surface area contributed by atoms with Crippen molar-refractivity contribution < 1.29 is 0 Å². The standard InChI is InChI=1S/C39H45N5S/c1-28(41-37-27-34(18-20-36(37)40)31-8-4-3-5-9-31)30-15-12-29(13-16-30)14-21-38(44-24-22-43(2)23-25-44)39(45)42-35-19-17-32-10-6-7-11-33(32)26-35/h3-5,8-13,15-17,19,26-27,38,41H,1,6-7,14,18,20-25,40H2,2H3,(H,42,45). The van der Waals surface area contributed by atoms with Crippen molar-refractivity contribution in [2.24, 2.45) is 5.73 Å². The number of benzene rings is 3. The number of likely N-dealkylation sites (N-methyl/N-ethyl adjacent to an activating group) is 1. The molecule has 0 amide bonds. The van der Waals surface area contributed by atoms with Crippen LogP contribution >= 0.6 is 12.2 Å². The molecule has 1 saturated heterocycles. The van der Waals surface area contributed by atoms with Crippen molar-refractivity contribution in [3.63, 3.8) is 0 Å². The maximum Gasteiger partial charge on any atom is 0.0972 e. The molecule has 0 bridgehead atoms. The highest BCUT2D eigenvalue weighted by Gasteiger charge is 2.26. The van der Waals surface area contributed by atoms with Gasteiger partial charge in [0, 0.05) is 43.3 Å². The van der Waals surface area contributed by atoms with Crippen LogP contribution < -0.4 is 26.8 Å². The number of hydrogen-bond donors (Lipinski definition) is 3. The fraction of sp³-hybridized carbons (Fsp3) is 0.308. The Balaban J connectivity index is 1.11. The normalized spacial score (nSPS) is 17.8. The third-order valence-corrected chi connectivity index (χ3v) is 9.67. The third kappa shape index (κ3) is 7.82. The van der Waals surface area contributed by atoms with Crippen molar-refractivity contribution >= 4 is 46.3 Å². The number of allylic oxidation sites excluding steroid dienone is 3. The number of nitrogens with two attached hydrogens (primary N) is 1. The molecule has 4 N–H and O–H groups in total. The molecule has 1 atom stereocenters. The molecule has 0 aromatic heterocycles. The SMILES string of the molecule is C=C(NC1=C(N)CCC(c2ccccc2)=C1)c1ccc(CCC(C(=S)Nc2ccc3c(c2)=CCCC=3)N2CCN(C)CC2)cc1. The second kappa shape index (κ2) is 14.4.